The molecule has 1 aliphatic rings. The van der Waals surface area contributed by atoms with Gasteiger partial charge in [0.2, 0.25) is 5.91 Å². The molecule has 134 valence electrons. The van der Waals surface area contributed by atoms with Gasteiger partial charge in [0.05, 0.1) is 11.2 Å². The summed E-state index contributed by atoms with van der Waals surface area (Å²) in [5, 5.41) is 3.25. The van der Waals surface area contributed by atoms with E-state index in [1.54, 1.807) is 24.3 Å². The molecule has 0 spiro atoms. The van der Waals surface area contributed by atoms with Crippen molar-refractivity contribution in [2.45, 2.75) is 45.8 Å². The smallest absolute Gasteiger partial charge is 0.400 e. The van der Waals surface area contributed by atoms with E-state index in [9.17, 15) is 9.59 Å². The van der Waals surface area contributed by atoms with Crippen LogP contribution in [0.5, 0.6) is 0 Å². The number of rotatable bonds is 5. The van der Waals surface area contributed by atoms with Gasteiger partial charge in [0.25, 0.3) is 0 Å². The number of carbonyl (C=O) groups is 2. The van der Waals surface area contributed by atoms with Crippen molar-refractivity contribution in [1.29, 1.82) is 0 Å². The van der Waals surface area contributed by atoms with Gasteiger partial charge in [-0.25, -0.2) is 0 Å². The van der Waals surface area contributed by atoms with Gasteiger partial charge in [0.15, 0.2) is 6.29 Å². The maximum Gasteiger partial charge on any atom is 0.492 e. The summed E-state index contributed by atoms with van der Waals surface area (Å²) in [6.07, 6.45) is 2.55. The van der Waals surface area contributed by atoms with Crippen molar-refractivity contribution >= 4 is 37.0 Å². The van der Waals surface area contributed by atoms with Gasteiger partial charge in [0.1, 0.15) is 0 Å². The molecule has 1 amide bonds. The molecule has 0 radical (unpaired) electrons. The molecule has 1 aromatic rings. The van der Waals surface area contributed by atoms with E-state index in [1.165, 1.54) is 6.92 Å². The molecule has 2 rings (SSSR count). The zero-order valence-corrected chi connectivity index (χ0v) is 15.9. The highest BCUT2D eigenvalue weighted by molar-refractivity contribution is 6.56. The summed E-state index contributed by atoms with van der Waals surface area (Å²) in [5.41, 5.74) is 0.874. The van der Waals surface area contributed by atoms with Crippen LogP contribution in [0.3, 0.4) is 0 Å². The molecule has 1 N–H and O–H groups in total. The molecule has 0 bridgehead atoms. The van der Waals surface area contributed by atoms with E-state index in [4.69, 9.17) is 20.9 Å². The molecule has 0 aliphatic carbocycles. The second-order valence-corrected chi connectivity index (χ2v) is 7.54. The number of benzene rings is 1. The van der Waals surface area contributed by atoms with Gasteiger partial charge in [-0.15, -0.1) is 0 Å². The van der Waals surface area contributed by atoms with E-state index < -0.39 is 18.3 Å². The minimum absolute atomic E-state index is 0.158. The van der Waals surface area contributed by atoms with Gasteiger partial charge < -0.3 is 14.6 Å². The van der Waals surface area contributed by atoms with Gasteiger partial charge in [-0.3, -0.25) is 9.59 Å². The Balaban J connectivity index is 2.40. The summed E-state index contributed by atoms with van der Waals surface area (Å²) in [6, 6.07) is 5.06. The molecule has 1 heterocycles. The average Bonchev–Trinajstić information content (AvgIpc) is 2.72. The molecule has 0 aromatic heterocycles. The first-order chi connectivity index (χ1) is 11.6. The lowest BCUT2D eigenvalue weighted by molar-refractivity contribution is -0.118. The predicted molar refractivity (Wildman–Crippen MR) is 99.6 cm³/mol. The standard InChI is InChI=1S/C18H23BClNO4/c1-12(23)21-10-15(19-24-17(2,3)18(4,5)25-19)8-13-6-7-16(20)9-14(13)11-22/h6-9,11H,10H2,1-5H3,(H,21,23). The van der Waals surface area contributed by atoms with E-state index in [0.717, 1.165) is 11.8 Å². The largest absolute Gasteiger partial charge is 0.492 e. The molecule has 0 unspecified atom stereocenters. The van der Waals surface area contributed by atoms with Crippen molar-refractivity contribution in [2.75, 3.05) is 6.54 Å². The number of carbonyl (C=O) groups excluding carboxylic acids is 2. The van der Waals surface area contributed by atoms with Crippen LogP contribution in [0.25, 0.3) is 6.08 Å². The molecular formula is C18H23BClNO4. The maximum absolute atomic E-state index is 11.3. The van der Waals surface area contributed by atoms with Crippen molar-refractivity contribution in [2.24, 2.45) is 0 Å². The Hall–Kier alpha value is -1.63. The highest BCUT2D eigenvalue weighted by Gasteiger charge is 2.52. The topological polar surface area (TPSA) is 64.6 Å². The molecule has 25 heavy (non-hydrogen) atoms. The van der Waals surface area contributed by atoms with Crippen LogP contribution in [0.4, 0.5) is 0 Å². The Morgan fingerprint density at radius 1 is 1.20 bits per heavy atom. The van der Waals surface area contributed by atoms with Gasteiger partial charge in [-0.05, 0) is 50.9 Å². The number of amides is 1. The fourth-order valence-electron chi connectivity index (χ4n) is 2.40. The van der Waals surface area contributed by atoms with Crippen LogP contribution in [-0.2, 0) is 14.1 Å². The number of hydrogen-bond acceptors (Lipinski definition) is 4. The lowest BCUT2D eigenvalue weighted by Crippen LogP contribution is -2.41. The molecule has 1 saturated heterocycles. The van der Waals surface area contributed by atoms with E-state index in [0.29, 0.717) is 16.1 Å². The van der Waals surface area contributed by atoms with Crippen molar-refractivity contribution < 1.29 is 18.9 Å². The monoisotopic (exact) mass is 363 g/mol. The van der Waals surface area contributed by atoms with Crippen LogP contribution in [0.15, 0.2) is 23.7 Å². The summed E-state index contributed by atoms with van der Waals surface area (Å²) < 4.78 is 12.1. The zero-order valence-electron chi connectivity index (χ0n) is 15.2. The summed E-state index contributed by atoms with van der Waals surface area (Å²) >= 11 is 5.95. The van der Waals surface area contributed by atoms with Gasteiger partial charge in [-0.2, -0.15) is 0 Å². The highest BCUT2D eigenvalue weighted by atomic mass is 35.5. The highest BCUT2D eigenvalue weighted by Crippen LogP contribution is 2.38. The molecule has 5 nitrogen and oxygen atoms in total. The molecule has 7 heteroatoms. The SMILES string of the molecule is CC(=O)NCC(=Cc1ccc(Cl)cc1C=O)B1OC(C)(C)C(C)(C)O1. The molecule has 1 aromatic carbocycles. The minimum atomic E-state index is -0.618. The normalized spacial score (nSPS) is 19.0. The first kappa shape index (κ1) is 19.7. The first-order valence-electron chi connectivity index (χ1n) is 8.11. The Morgan fingerprint density at radius 2 is 1.80 bits per heavy atom. The molecule has 1 aliphatic heterocycles. The molecule has 0 saturated carbocycles. The lowest BCUT2D eigenvalue weighted by Gasteiger charge is -2.32. The maximum atomic E-state index is 11.3. The number of nitrogens with one attached hydrogen (secondary N) is 1. The molecule has 1 fully saturated rings. The van der Waals surface area contributed by atoms with E-state index in [2.05, 4.69) is 5.32 Å². The molecular weight excluding hydrogens is 340 g/mol. The van der Waals surface area contributed by atoms with Crippen molar-refractivity contribution in [1.82, 2.24) is 5.32 Å². The van der Waals surface area contributed by atoms with Gasteiger partial charge in [0, 0.05) is 24.1 Å². The van der Waals surface area contributed by atoms with Crippen LogP contribution in [0.1, 0.15) is 50.5 Å². The van der Waals surface area contributed by atoms with Crippen molar-refractivity contribution in [3.8, 4) is 0 Å². The number of hydrogen-bond donors (Lipinski definition) is 1. The number of halogens is 1. The van der Waals surface area contributed by atoms with Crippen LogP contribution >= 0.6 is 11.6 Å². The summed E-state index contributed by atoms with van der Waals surface area (Å²) in [6.45, 7) is 9.54. The van der Waals surface area contributed by atoms with Crippen molar-refractivity contribution in [3.05, 3.63) is 39.8 Å². The summed E-state index contributed by atoms with van der Waals surface area (Å²) in [4.78, 5) is 22.7. The Morgan fingerprint density at radius 3 is 2.32 bits per heavy atom. The van der Waals surface area contributed by atoms with Gasteiger partial charge >= 0.3 is 7.12 Å². The second-order valence-electron chi connectivity index (χ2n) is 7.11. The second kappa shape index (κ2) is 7.32. The average molecular weight is 364 g/mol. The third-order valence-corrected chi connectivity index (χ3v) is 4.85. The van der Waals surface area contributed by atoms with E-state index in [1.807, 2.05) is 27.7 Å². The Labute approximate surface area is 153 Å². The third-order valence-electron chi connectivity index (χ3n) is 4.61. The van der Waals surface area contributed by atoms with Crippen LogP contribution < -0.4 is 5.32 Å². The third kappa shape index (κ3) is 4.51. The quantitative estimate of drug-likeness (QED) is 0.644. The lowest BCUT2D eigenvalue weighted by atomic mass is 9.76. The fourth-order valence-corrected chi connectivity index (χ4v) is 2.58. The van der Waals surface area contributed by atoms with Gasteiger partial charge in [-0.1, -0.05) is 23.7 Å². The minimum Gasteiger partial charge on any atom is -0.400 e. The summed E-state index contributed by atoms with van der Waals surface area (Å²) in [7, 11) is -0.618. The predicted octanol–water partition coefficient (Wildman–Crippen LogP) is 3.30. The Bertz CT molecular complexity index is 699. The molecule has 0 atom stereocenters. The van der Waals surface area contributed by atoms with Crippen LogP contribution in [0.2, 0.25) is 5.02 Å². The van der Waals surface area contributed by atoms with E-state index >= 15 is 0 Å². The summed E-state index contributed by atoms with van der Waals surface area (Å²) in [5.74, 6) is -0.158. The van der Waals surface area contributed by atoms with E-state index in [-0.39, 0.29) is 12.5 Å². The van der Waals surface area contributed by atoms with Crippen LogP contribution in [0, 0.1) is 0 Å². The van der Waals surface area contributed by atoms with Crippen LogP contribution in [-0.4, -0.2) is 37.1 Å². The van der Waals surface area contributed by atoms with Crippen molar-refractivity contribution in [3.63, 3.8) is 0 Å². The number of aldehydes is 1. The Kier molecular flexibility index (Phi) is 5.77. The zero-order chi connectivity index (χ0) is 18.8. The fraction of sp³-hybridized carbons (Fsp3) is 0.444. The first-order valence-corrected chi connectivity index (χ1v) is 8.49.